The summed E-state index contributed by atoms with van der Waals surface area (Å²) in [5, 5.41) is 2.91. The van der Waals surface area contributed by atoms with Gasteiger partial charge in [0.25, 0.3) is 5.91 Å². The molecule has 5 heteroatoms. The first-order valence-electron chi connectivity index (χ1n) is 7.29. The van der Waals surface area contributed by atoms with Gasteiger partial charge in [-0.05, 0) is 24.1 Å². The maximum absolute atomic E-state index is 12.1. The fourth-order valence-corrected chi connectivity index (χ4v) is 2.59. The van der Waals surface area contributed by atoms with E-state index in [0.717, 1.165) is 12.2 Å². The number of hydrogen-bond acceptors (Lipinski definition) is 3. The molecule has 1 atom stereocenters. The van der Waals surface area contributed by atoms with E-state index in [4.69, 9.17) is 4.74 Å². The second-order valence-electron chi connectivity index (χ2n) is 5.57. The number of aromatic nitrogens is 1. The first kappa shape index (κ1) is 14.4. The van der Waals surface area contributed by atoms with Gasteiger partial charge in [-0.2, -0.15) is 0 Å². The van der Waals surface area contributed by atoms with Crippen molar-refractivity contribution in [2.24, 2.45) is 13.0 Å². The molecule has 1 N–H and O–H groups in total. The summed E-state index contributed by atoms with van der Waals surface area (Å²) in [6.45, 7) is 1.15. The number of amides is 1. The number of nitrogens with zero attached hydrogens (tertiary/aromatic N) is 1. The van der Waals surface area contributed by atoms with Gasteiger partial charge in [0.1, 0.15) is 5.75 Å². The Kier molecular flexibility index (Phi) is 3.96. The first-order chi connectivity index (χ1) is 10.6. The number of carbonyl (C=O) groups excluding carboxylic acids is 1. The van der Waals surface area contributed by atoms with Crippen molar-refractivity contribution in [3.05, 3.63) is 64.1 Å². The molecule has 0 unspecified atom stereocenters. The summed E-state index contributed by atoms with van der Waals surface area (Å²) in [5.41, 5.74) is 1.53. The van der Waals surface area contributed by atoms with E-state index in [9.17, 15) is 9.59 Å². The molecule has 5 nitrogen and oxygen atoms in total. The van der Waals surface area contributed by atoms with E-state index in [0.29, 0.717) is 18.7 Å². The fourth-order valence-electron chi connectivity index (χ4n) is 2.59. The van der Waals surface area contributed by atoms with E-state index in [2.05, 4.69) is 11.4 Å². The minimum Gasteiger partial charge on any atom is -0.493 e. The number of fused-ring (bicyclic) bond motifs is 1. The monoisotopic (exact) mass is 298 g/mol. The van der Waals surface area contributed by atoms with Crippen molar-refractivity contribution < 1.29 is 9.53 Å². The molecule has 0 radical (unpaired) electrons. The van der Waals surface area contributed by atoms with Crippen LogP contribution in [0.25, 0.3) is 0 Å². The Labute approximate surface area is 128 Å². The van der Waals surface area contributed by atoms with Crippen molar-refractivity contribution >= 4 is 5.91 Å². The lowest BCUT2D eigenvalue weighted by Crippen LogP contribution is -2.35. The molecule has 0 spiro atoms. The van der Waals surface area contributed by atoms with Gasteiger partial charge in [0, 0.05) is 31.8 Å². The summed E-state index contributed by atoms with van der Waals surface area (Å²) in [4.78, 5) is 23.5. The van der Waals surface area contributed by atoms with Gasteiger partial charge < -0.3 is 14.6 Å². The first-order valence-corrected chi connectivity index (χ1v) is 7.29. The van der Waals surface area contributed by atoms with E-state index in [1.165, 1.54) is 16.2 Å². The molecule has 2 heterocycles. The van der Waals surface area contributed by atoms with Gasteiger partial charge in [-0.3, -0.25) is 9.59 Å². The Bertz CT molecular complexity index is 752. The van der Waals surface area contributed by atoms with E-state index in [1.54, 1.807) is 19.3 Å². The highest BCUT2D eigenvalue weighted by atomic mass is 16.5. The van der Waals surface area contributed by atoms with Crippen LogP contribution in [-0.2, 0) is 13.5 Å². The second-order valence-corrected chi connectivity index (χ2v) is 5.57. The van der Waals surface area contributed by atoms with E-state index < -0.39 is 0 Å². The number of carbonyl (C=O) groups is 1. The Morgan fingerprint density at radius 2 is 2.14 bits per heavy atom. The Hall–Kier alpha value is -2.56. The highest BCUT2D eigenvalue weighted by molar-refractivity contribution is 5.93. The lowest BCUT2D eigenvalue weighted by Gasteiger charge is -2.25. The maximum Gasteiger partial charge on any atom is 0.252 e. The molecule has 22 heavy (non-hydrogen) atoms. The molecule has 3 rings (SSSR count). The summed E-state index contributed by atoms with van der Waals surface area (Å²) >= 11 is 0. The van der Waals surface area contributed by atoms with Gasteiger partial charge >= 0.3 is 0 Å². The van der Waals surface area contributed by atoms with Gasteiger partial charge in [0.15, 0.2) is 0 Å². The second kappa shape index (κ2) is 6.05. The SMILES string of the molecule is Cn1cc(C(=O)NC[C@@H]2COc3ccccc3C2)ccc1=O. The van der Waals surface area contributed by atoms with E-state index in [1.807, 2.05) is 18.2 Å². The van der Waals surface area contributed by atoms with Gasteiger partial charge in [-0.1, -0.05) is 18.2 Å². The van der Waals surface area contributed by atoms with Crippen LogP contribution in [0, 0.1) is 5.92 Å². The Balaban J connectivity index is 1.60. The smallest absolute Gasteiger partial charge is 0.252 e. The number of ether oxygens (including phenoxy) is 1. The maximum atomic E-state index is 12.1. The summed E-state index contributed by atoms with van der Waals surface area (Å²) in [5.74, 6) is 1.02. The summed E-state index contributed by atoms with van der Waals surface area (Å²) in [7, 11) is 1.63. The third-order valence-electron chi connectivity index (χ3n) is 3.86. The zero-order chi connectivity index (χ0) is 15.5. The zero-order valence-electron chi connectivity index (χ0n) is 12.4. The van der Waals surface area contributed by atoms with E-state index in [-0.39, 0.29) is 17.4 Å². The molecule has 114 valence electrons. The van der Waals surface area contributed by atoms with Gasteiger partial charge in [-0.25, -0.2) is 0 Å². The molecule has 0 saturated carbocycles. The van der Waals surface area contributed by atoms with Crippen LogP contribution in [0.3, 0.4) is 0 Å². The van der Waals surface area contributed by atoms with Crippen LogP contribution >= 0.6 is 0 Å². The minimum atomic E-state index is -0.172. The molecule has 1 aromatic heterocycles. The molecular formula is C17H18N2O3. The van der Waals surface area contributed by atoms with Gasteiger partial charge in [0.2, 0.25) is 5.56 Å². The van der Waals surface area contributed by atoms with Crippen molar-refractivity contribution in [3.63, 3.8) is 0 Å². The van der Waals surface area contributed by atoms with Crippen LogP contribution in [0.4, 0.5) is 0 Å². The van der Waals surface area contributed by atoms with Crippen LogP contribution in [0.15, 0.2) is 47.4 Å². The van der Waals surface area contributed by atoms with Crippen molar-refractivity contribution in [1.29, 1.82) is 0 Å². The average molecular weight is 298 g/mol. The highest BCUT2D eigenvalue weighted by Crippen LogP contribution is 2.26. The molecule has 1 aromatic carbocycles. The number of pyridine rings is 1. The minimum absolute atomic E-state index is 0.131. The molecular weight excluding hydrogens is 280 g/mol. The van der Waals surface area contributed by atoms with Gasteiger partial charge in [-0.15, -0.1) is 0 Å². The molecule has 1 aliphatic rings. The number of nitrogens with one attached hydrogen (secondary N) is 1. The number of para-hydroxylation sites is 1. The fraction of sp³-hybridized carbons (Fsp3) is 0.294. The van der Waals surface area contributed by atoms with E-state index >= 15 is 0 Å². The van der Waals surface area contributed by atoms with Crippen LogP contribution in [0.2, 0.25) is 0 Å². The molecule has 1 aliphatic heterocycles. The Morgan fingerprint density at radius 1 is 1.32 bits per heavy atom. The summed E-state index contributed by atoms with van der Waals surface area (Å²) in [6, 6.07) is 10.9. The van der Waals surface area contributed by atoms with Crippen molar-refractivity contribution in [2.75, 3.05) is 13.2 Å². The number of rotatable bonds is 3. The third kappa shape index (κ3) is 3.03. The average Bonchev–Trinajstić information content (AvgIpc) is 2.55. The zero-order valence-corrected chi connectivity index (χ0v) is 12.4. The standard InChI is InChI=1S/C17H18N2O3/c1-19-10-14(6-7-16(19)20)17(21)18-9-12-8-13-4-2-3-5-15(13)22-11-12/h2-7,10,12H,8-9,11H2,1H3,(H,18,21)/t12-/m1/s1. The lowest BCUT2D eigenvalue weighted by molar-refractivity contribution is 0.0938. The van der Waals surface area contributed by atoms with Crippen LogP contribution in [0.5, 0.6) is 5.75 Å². The highest BCUT2D eigenvalue weighted by Gasteiger charge is 2.20. The van der Waals surface area contributed by atoms with Gasteiger partial charge in [0.05, 0.1) is 12.2 Å². The van der Waals surface area contributed by atoms with Crippen LogP contribution in [0.1, 0.15) is 15.9 Å². The normalized spacial score (nSPS) is 16.5. The summed E-state index contributed by atoms with van der Waals surface area (Å²) in [6.07, 6.45) is 2.44. The Morgan fingerprint density at radius 3 is 2.95 bits per heavy atom. The molecule has 0 fully saturated rings. The summed E-state index contributed by atoms with van der Waals surface area (Å²) < 4.78 is 7.11. The quantitative estimate of drug-likeness (QED) is 0.931. The molecule has 1 amide bonds. The number of hydrogen-bond donors (Lipinski definition) is 1. The number of aryl methyl sites for hydroxylation is 1. The largest absolute Gasteiger partial charge is 0.493 e. The van der Waals surface area contributed by atoms with Crippen molar-refractivity contribution in [2.45, 2.75) is 6.42 Å². The van der Waals surface area contributed by atoms with Crippen LogP contribution in [-0.4, -0.2) is 23.6 Å². The molecule has 0 saturated heterocycles. The molecule has 0 bridgehead atoms. The predicted octanol–water partition coefficient (Wildman–Crippen LogP) is 1.37. The molecule has 0 aliphatic carbocycles. The van der Waals surface area contributed by atoms with Crippen molar-refractivity contribution in [3.8, 4) is 5.75 Å². The third-order valence-corrected chi connectivity index (χ3v) is 3.86. The van der Waals surface area contributed by atoms with Crippen LogP contribution < -0.4 is 15.6 Å². The lowest BCUT2D eigenvalue weighted by atomic mass is 9.97. The molecule has 2 aromatic rings. The van der Waals surface area contributed by atoms with Crippen molar-refractivity contribution in [1.82, 2.24) is 9.88 Å². The topological polar surface area (TPSA) is 60.3 Å². The predicted molar refractivity (Wildman–Crippen MR) is 83.1 cm³/mol. The number of benzene rings is 1.